The molecule has 0 spiro atoms. The second kappa shape index (κ2) is 10.4. The van der Waals surface area contributed by atoms with Crippen molar-refractivity contribution in [2.75, 3.05) is 10.6 Å². The number of aromatic nitrogens is 1. The zero-order chi connectivity index (χ0) is 29.6. The normalized spacial score (nSPS) is 12.8. The van der Waals surface area contributed by atoms with E-state index in [2.05, 4.69) is 107 Å². The predicted octanol–water partition coefficient (Wildman–Crippen LogP) is 10.3. The van der Waals surface area contributed by atoms with Crippen LogP contribution in [0.3, 0.4) is 0 Å². The highest BCUT2D eigenvalue weighted by Crippen LogP contribution is 2.46. The lowest BCUT2D eigenvalue weighted by atomic mass is 9.82. The van der Waals surface area contributed by atoms with Gasteiger partial charge in [-0.3, -0.25) is 4.79 Å². The second-order valence-electron chi connectivity index (χ2n) is 12.7. The van der Waals surface area contributed by atoms with Crippen LogP contribution in [0, 0.1) is 0 Å². The van der Waals surface area contributed by atoms with Crippen molar-refractivity contribution in [3.63, 3.8) is 0 Å². The maximum absolute atomic E-state index is 13.7. The molecule has 5 aromatic rings. The predicted molar refractivity (Wildman–Crippen MR) is 177 cm³/mol. The first-order valence-corrected chi connectivity index (χ1v) is 15.0. The van der Waals surface area contributed by atoms with Gasteiger partial charge in [-0.1, -0.05) is 108 Å². The van der Waals surface area contributed by atoms with Crippen molar-refractivity contribution in [2.45, 2.75) is 65.2 Å². The van der Waals surface area contributed by atoms with Crippen molar-refractivity contribution in [3.05, 3.63) is 113 Å². The first-order chi connectivity index (χ1) is 20.1. The van der Waals surface area contributed by atoms with E-state index < -0.39 is 0 Å². The number of pyridine rings is 1. The fraction of sp³-hybridized carbons (Fsp3) is 0.263. The summed E-state index contributed by atoms with van der Waals surface area (Å²) in [5.41, 5.74) is 8.02. The Balaban J connectivity index is 1.50. The van der Waals surface area contributed by atoms with E-state index in [9.17, 15) is 4.79 Å². The van der Waals surface area contributed by atoms with Crippen molar-refractivity contribution in [2.24, 2.45) is 0 Å². The standard InChI is InChI=1S/C38H39N3O/c1-7-37(3,4)24-16-20-26(21-17-24)39-35-31-15-11-14-30-32(31)33(28-12-9-10-13-29(28)34(30)42)36(41-35)40-27-22-18-25(19-23-27)38(5,6)8-2/h9-23H,7-8H2,1-6H3,(H2,39,40,41). The van der Waals surface area contributed by atoms with Gasteiger partial charge in [-0.25, -0.2) is 4.98 Å². The number of ketones is 1. The van der Waals surface area contributed by atoms with Gasteiger partial charge in [0.1, 0.15) is 11.6 Å². The average Bonchev–Trinajstić information content (AvgIpc) is 3.01. The molecule has 0 unspecified atom stereocenters. The number of carbonyl (C=O) groups is 1. The lowest BCUT2D eigenvalue weighted by Crippen LogP contribution is -2.15. The summed E-state index contributed by atoms with van der Waals surface area (Å²) in [6, 6.07) is 31.0. The number of benzene rings is 4. The Labute approximate surface area is 249 Å². The van der Waals surface area contributed by atoms with Gasteiger partial charge < -0.3 is 10.6 Å². The van der Waals surface area contributed by atoms with E-state index in [0.717, 1.165) is 57.8 Å². The number of hydrogen-bond donors (Lipinski definition) is 2. The molecular formula is C38H39N3O. The minimum atomic E-state index is 0.0455. The zero-order valence-electron chi connectivity index (χ0n) is 25.4. The van der Waals surface area contributed by atoms with Gasteiger partial charge in [-0.15, -0.1) is 0 Å². The molecule has 0 fully saturated rings. The summed E-state index contributed by atoms with van der Waals surface area (Å²) in [4.78, 5) is 18.9. The van der Waals surface area contributed by atoms with E-state index in [-0.39, 0.29) is 16.6 Å². The Hall–Kier alpha value is -4.44. The molecule has 2 N–H and O–H groups in total. The Kier molecular flexibility index (Phi) is 6.89. The van der Waals surface area contributed by atoms with E-state index in [1.807, 2.05) is 36.4 Å². The molecule has 0 amide bonds. The summed E-state index contributed by atoms with van der Waals surface area (Å²) in [6.45, 7) is 13.5. The van der Waals surface area contributed by atoms with E-state index >= 15 is 0 Å². The molecule has 4 aromatic carbocycles. The molecule has 0 saturated heterocycles. The van der Waals surface area contributed by atoms with Crippen LogP contribution in [-0.2, 0) is 10.8 Å². The quantitative estimate of drug-likeness (QED) is 0.197. The van der Waals surface area contributed by atoms with Crippen LogP contribution in [0.1, 0.15) is 81.4 Å². The molecule has 42 heavy (non-hydrogen) atoms. The highest BCUT2D eigenvalue weighted by molar-refractivity contribution is 6.28. The van der Waals surface area contributed by atoms with Crippen molar-refractivity contribution < 1.29 is 4.79 Å². The molecule has 4 nitrogen and oxygen atoms in total. The summed E-state index contributed by atoms with van der Waals surface area (Å²) in [5.74, 6) is 1.49. The molecule has 0 radical (unpaired) electrons. The lowest BCUT2D eigenvalue weighted by molar-refractivity contribution is 0.104. The first-order valence-electron chi connectivity index (χ1n) is 15.0. The summed E-state index contributed by atoms with van der Waals surface area (Å²) < 4.78 is 0. The van der Waals surface area contributed by atoms with Crippen molar-refractivity contribution >= 4 is 39.6 Å². The van der Waals surface area contributed by atoms with Crippen LogP contribution < -0.4 is 10.6 Å². The third-order valence-electron chi connectivity index (χ3n) is 9.34. The highest BCUT2D eigenvalue weighted by atomic mass is 16.1. The highest BCUT2D eigenvalue weighted by Gasteiger charge is 2.29. The van der Waals surface area contributed by atoms with Gasteiger partial charge in [-0.2, -0.15) is 0 Å². The molecule has 1 aliphatic rings. The lowest BCUT2D eigenvalue weighted by Gasteiger charge is -2.25. The van der Waals surface area contributed by atoms with Crippen LogP contribution in [0.15, 0.2) is 91.0 Å². The minimum Gasteiger partial charge on any atom is -0.340 e. The number of nitrogens with zero attached hydrogens (tertiary/aromatic N) is 1. The van der Waals surface area contributed by atoms with E-state index in [1.165, 1.54) is 11.1 Å². The summed E-state index contributed by atoms with van der Waals surface area (Å²) in [6.07, 6.45) is 2.13. The molecule has 1 aliphatic carbocycles. The van der Waals surface area contributed by atoms with Gasteiger partial charge in [0.15, 0.2) is 5.78 Å². The Morgan fingerprint density at radius 2 is 1.10 bits per heavy atom. The molecule has 0 bridgehead atoms. The fourth-order valence-electron chi connectivity index (χ4n) is 5.74. The number of hydrogen-bond acceptors (Lipinski definition) is 4. The van der Waals surface area contributed by atoms with Gasteiger partial charge in [-0.05, 0) is 64.6 Å². The number of fused-ring (bicyclic) bond motifs is 2. The second-order valence-corrected chi connectivity index (χ2v) is 12.7. The SMILES string of the molecule is CCC(C)(C)c1ccc(Nc2nc(Nc3ccc(C(C)(C)CC)cc3)c3cccc4c3c2-c2ccccc2C4=O)cc1. The van der Waals surface area contributed by atoms with Crippen LogP contribution in [0.4, 0.5) is 23.0 Å². The van der Waals surface area contributed by atoms with E-state index in [0.29, 0.717) is 11.1 Å². The largest absolute Gasteiger partial charge is 0.340 e. The fourth-order valence-corrected chi connectivity index (χ4v) is 5.74. The molecule has 1 aromatic heterocycles. The Bertz CT molecular complexity index is 1800. The first kappa shape index (κ1) is 27.7. The molecule has 0 saturated carbocycles. The average molecular weight is 554 g/mol. The number of nitrogens with one attached hydrogen (secondary N) is 2. The van der Waals surface area contributed by atoms with Crippen molar-refractivity contribution in [1.82, 2.24) is 4.98 Å². The van der Waals surface area contributed by atoms with Crippen LogP contribution in [0.25, 0.3) is 21.9 Å². The summed E-state index contributed by atoms with van der Waals surface area (Å²) >= 11 is 0. The summed E-state index contributed by atoms with van der Waals surface area (Å²) in [5, 5.41) is 9.06. The van der Waals surface area contributed by atoms with Crippen molar-refractivity contribution in [1.29, 1.82) is 0 Å². The Morgan fingerprint density at radius 3 is 1.64 bits per heavy atom. The van der Waals surface area contributed by atoms with Crippen LogP contribution in [0.5, 0.6) is 0 Å². The molecule has 0 aliphatic heterocycles. The van der Waals surface area contributed by atoms with Gasteiger partial charge in [0.25, 0.3) is 0 Å². The molecular weight excluding hydrogens is 514 g/mol. The minimum absolute atomic E-state index is 0.0455. The smallest absolute Gasteiger partial charge is 0.194 e. The van der Waals surface area contributed by atoms with Crippen molar-refractivity contribution in [3.8, 4) is 11.1 Å². The van der Waals surface area contributed by atoms with Crippen LogP contribution >= 0.6 is 0 Å². The zero-order valence-corrected chi connectivity index (χ0v) is 25.4. The topological polar surface area (TPSA) is 54.0 Å². The summed E-state index contributed by atoms with van der Waals surface area (Å²) in [7, 11) is 0. The third-order valence-corrected chi connectivity index (χ3v) is 9.34. The molecule has 0 atom stereocenters. The maximum Gasteiger partial charge on any atom is 0.194 e. The monoisotopic (exact) mass is 553 g/mol. The van der Waals surface area contributed by atoms with Gasteiger partial charge in [0.05, 0.1) is 0 Å². The van der Waals surface area contributed by atoms with Gasteiger partial charge in [0, 0.05) is 38.8 Å². The van der Waals surface area contributed by atoms with Crippen LogP contribution in [-0.4, -0.2) is 10.8 Å². The number of anilines is 4. The molecule has 212 valence electrons. The number of rotatable bonds is 8. The van der Waals surface area contributed by atoms with E-state index in [1.54, 1.807) is 0 Å². The maximum atomic E-state index is 13.7. The molecule has 4 heteroatoms. The third kappa shape index (κ3) is 4.75. The van der Waals surface area contributed by atoms with Crippen LogP contribution in [0.2, 0.25) is 0 Å². The Morgan fingerprint density at radius 1 is 0.595 bits per heavy atom. The van der Waals surface area contributed by atoms with Gasteiger partial charge >= 0.3 is 0 Å². The van der Waals surface area contributed by atoms with Gasteiger partial charge in [0.2, 0.25) is 0 Å². The molecule has 1 heterocycles. The van der Waals surface area contributed by atoms with E-state index in [4.69, 9.17) is 4.98 Å². The molecule has 6 rings (SSSR count). The number of carbonyl (C=O) groups excluding carboxylic acids is 1.